The van der Waals surface area contributed by atoms with E-state index in [9.17, 15) is 10.5 Å². The Balaban J connectivity index is 1.75. The van der Waals surface area contributed by atoms with Gasteiger partial charge in [0, 0.05) is 16.1 Å². The van der Waals surface area contributed by atoms with E-state index in [1.807, 2.05) is 60.7 Å². The lowest BCUT2D eigenvalue weighted by Gasteiger charge is -2.02. The lowest BCUT2D eigenvalue weighted by atomic mass is 10.1. The number of nitriles is 2. The summed E-state index contributed by atoms with van der Waals surface area (Å²) >= 11 is 3.41. The molecular formula is C23H14BrN5O. The van der Waals surface area contributed by atoms with Crippen LogP contribution in [0.2, 0.25) is 0 Å². The number of nitrogens with zero attached hydrogens (tertiary/aromatic N) is 4. The number of aromatic nitrogens is 2. The van der Waals surface area contributed by atoms with E-state index < -0.39 is 0 Å². The predicted molar refractivity (Wildman–Crippen MR) is 118 cm³/mol. The van der Waals surface area contributed by atoms with Crippen molar-refractivity contribution in [1.82, 2.24) is 9.78 Å². The highest BCUT2D eigenvalue weighted by Crippen LogP contribution is 2.29. The monoisotopic (exact) mass is 455 g/mol. The highest BCUT2D eigenvalue weighted by molar-refractivity contribution is 9.10. The van der Waals surface area contributed by atoms with Gasteiger partial charge in [-0.15, -0.1) is 0 Å². The summed E-state index contributed by atoms with van der Waals surface area (Å²) in [6.45, 7) is 0. The summed E-state index contributed by atoms with van der Waals surface area (Å²) in [5.41, 5.74) is 8.29. The maximum Gasteiger partial charge on any atom is 0.145 e. The number of hydrogen-bond acceptors (Lipinski definition) is 5. The average molecular weight is 456 g/mol. The molecule has 4 aromatic rings. The molecule has 2 N–H and O–H groups in total. The molecule has 0 saturated heterocycles. The van der Waals surface area contributed by atoms with Crippen LogP contribution in [0.1, 0.15) is 17.0 Å². The molecule has 0 spiro atoms. The first kappa shape index (κ1) is 19.3. The van der Waals surface area contributed by atoms with E-state index in [2.05, 4.69) is 33.2 Å². The minimum Gasteiger partial charge on any atom is -0.457 e. The Morgan fingerprint density at radius 3 is 2.43 bits per heavy atom. The van der Waals surface area contributed by atoms with Gasteiger partial charge >= 0.3 is 0 Å². The van der Waals surface area contributed by atoms with Gasteiger partial charge < -0.3 is 10.2 Å². The molecule has 6 nitrogen and oxygen atoms in total. The van der Waals surface area contributed by atoms with Crippen molar-refractivity contribution in [3.05, 3.63) is 88.2 Å². The Bertz CT molecular complexity index is 1320. The normalized spacial score (nSPS) is 11.1. The molecule has 2 aromatic carbocycles. The van der Waals surface area contributed by atoms with Gasteiger partial charge in [-0.2, -0.15) is 15.6 Å². The van der Waals surface area contributed by atoms with Crippen LogP contribution in [0.15, 0.2) is 75.6 Å². The van der Waals surface area contributed by atoms with Crippen LogP contribution in [0, 0.1) is 22.7 Å². The van der Waals surface area contributed by atoms with Gasteiger partial charge in [-0.3, -0.25) is 0 Å². The Kier molecular flexibility index (Phi) is 5.21. The molecule has 2 heterocycles. The SMILES string of the molecule is N#C/C(=C\c1ccc(-c2ccc(Br)cc2)o1)c1nn(-c2ccccc2)c(N)c1C#N. The number of benzene rings is 2. The van der Waals surface area contributed by atoms with Crippen LogP contribution in [0.4, 0.5) is 5.82 Å². The highest BCUT2D eigenvalue weighted by Gasteiger charge is 2.20. The highest BCUT2D eigenvalue weighted by atomic mass is 79.9. The van der Waals surface area contributed by atoms with E-state index in [1.165, 1.54) is 4.68 Å². The molecule has 30 heavy (non-hydrogen) atoms. The fourth-order valence-corrected chi connectivity index (χ4v) is 3.26. The van der Waals surface area contributed by atoms with Gasteiger partial charge in [0.05, 0.1) is 11.3 Å². The van der Waals surface area contributed by atoms with Crippen LogP contribution in [0.25, 0.3) is 28.7 Å². The van der Waals surface area contributed by atoms with Crippen molar-refractivity contribution in [1.29, 1.82) is 10.5 Å². The topological polar surface area (TPSA) is 105 Å². The predicted octanol–water partition coefficient (Wildman–Crippen LogP) is 5.41. The molecule has 2 aromatic heterocycles. The molecule has 144 valence electrons. The summed E-state index contributed by atoms with van der Waals surface area (Å²) in [6.07, 6.45) is 1.56. The number of para-hydroxylation sites is 1. The van der Waals surface area contributed by atoms with E-state index in [0.717, 1.165) is 10.0 Å². The lowest BCUT2D eigenvalue weighted by molar-refractivity contribution is 0.572. The maximum absolute atomic E-state index is 9.72. The quantitative estimate of drug-likeness (QED) is 0.414. The number of rotatable bonds is 4. The third kappa shape index (κ3) is 3.62. The van der Waals surface area contributed by atoms with Crippen molar-refractivity contribution in [3.63, 3.8) is 0 Å². The van der Waals surface area contributed by atoms with Crippen molar-refractivity contribution < 1.29 is 4.42 Å². The number of anilines is 1. The van der Waals surface area contributed by atoms with Gasteiger partial charge in [-0.25, -0.2) is 4.68 Å². The largest absolute Gasteiger partial charge is 0.457 e. The average Bonchev–Trinajstić information content (AvgIpc) is 3.37. The molecule has 0 fully saturated rings. The van der Waals surface area contributed by atoms with Crippen LogP contribution in [0.5, 0.6) is 0 Å². The molecule has 0 radical (unpaired) electrons. The Hall–Kier alpha value is -4.07. The minimum atomic E-state index is 0.145. The number of nitrogen functional groups attached to an aromatic ring is 1. The standard InChI is InChI=1S/C23H14BrN5O/c24-17-8-6-15(7-9-17)21-11-10-19(30-21)12-16(13-25)22-20(14-26)23(27)29(28-22)18-4-2-1-3-5-18/h1-12H,27H2/b16-12+. The number of nitrogens with two attached hydrogens (primary N) is 1. The van der Waals surface area contributed by atoms with Gasteiger partial charge in [0.15, 0.2) is 0 Å². The first-order chi connectivity index (χ1) is 14.6. The lowest BCUT2D eigenvalue weighted by Crippen LogP contribution is -2.02. The fraction of sp³-hybridized carbons (Fsp3) is 0. The molecule has 7 heteroatoms. The summed E-state index contributed by atoms with van der Waals surface area (Å²) < 4.78 is 8.29. The van der Waals surface area contributed by atoms with Gasteiger partial charge in [0.1, 0.15) is 40.7 Å². The van der Waals surface area contributed by atoms with Crippen LogP contribution in [-0.4, -0.2) is 9.78 Å². The molecular weight excluding hydrogens is 442 g/mol. The van der Waals surface area contributed by atoms with E-state index in [1.54, 1.807) is 12.1 Å². The van der Waals surface area contributed by atoms with Gasteiger partial charge in [0.25, 0.3) is 0 Å². The Labute approximate surface area is 181 Å². The van der Waals surface area contributed by atoms with Gasteiger partial charge in [-0.05, 0) is 36.4 Å². The van der Waals surface area contributed by atoms with Crippen molar-refractivity contribution >= 4 is 33.4 Å². The summed E-state index contributed by atoms with van der Waals surface area (Å²) in [7, 11) is 0. The van der Waals surface area contributed by atoms with Crippen molar-refractivity contribution in [2.45, 2.75) is 0 Å². The molecule has 0 aliphatic carbocycles. The van der Waals surface area contributed by atoms with Crippen molar-refractivity contribution in [3.8, 4) is 29.1 Å². The second-order valence-corrected chi connectivity index (χ2v) is 7.26. The molecule has 0 aliphatic heterocycles. The molecule has 4 rings (SSSR count). The number of halogens is 1. The molecule has 0 saturated carbocycles. The van der Waals surface area contributed by atoms with E-state index in [-0.39, 0.29) is 22.6 Å². The second kappa shape index (κ2) is 8.12. The summed E-state index contributed by atoms with van der Waals surface area (Å²) in [5, 5.41) is 23.7. The first-order valence-corrected chi connectivity index (χ1v) is 9.72. The maximum atomic E-state index is 9.72. The molecule has 0 bridgehead atoms. The number of allylic oxidation sites excluding steroid dienone is 1. The van der Waals surface area contributed by atoms with Gasteiger partial charge in [0.2, 0.25) is 0 Å². The van der Waals surface area contributed by atoms with E-state index in [4.69, 9.17) is 10.2 Å². The van der Waals surface area contributed by atoms with Crippen molar-refractivity contribution in [2.75, 3.05) is 5.73 Å². The van der Waals surface area contributed by atoms with E-state index in [0.29, 0.717) is 17.2 Å². The van der Waals surface area contributed by atoms with E-state index >= 15 is 0 Å². The zero-order valence-corrected chi connectivity index (χ0v) is 17.2. The number of furan rings is 1. The first-order valence-electron chi connectivity index (χ1n) is 8.92. The number of hydrogen-bond donors (Lipinski definition) is 1. The third-order valence-corrected chi connectivity index (χ3v) is 4.98. The fourth-order valence-electron chi connectivity index (χ4n) is 2.99. The Morgan fingerprint density at radius 2 is 1.77 bits per heavy atom. The Morgan fingerprint density at radius 1 is 1.03 bits per heavy atom. The van der Waals surface area contributed by atoms with Crippen LogP contribution < -0.4 is 5.73 Å². The summed E-state index contributed by atoms with van der Waals surface area (Å²) in [6, 6.07) is 24.6. The zero-order chi connectivity index (χ0) is 21.1. The molecule has 0 atom stereocenters. The molecule has 0 unspecified atom stereocenters. The third-order valence-electron chi connectivity index (χ3n) is 4.45. The zero-order valence-electron chi connectivity index (χ0n) is 15.6. The minimum absolute atomic E-state index is 0.145. The van der Waals surface area contributed by atoms with Crippen LogP contribution in [0.3, 0.4) is 0 Å². The molecule has 0 amide bonds. The van der Waals surface area contributed by atoms with Gasteiger partial charge in [-0.1, -0.05) is 46.3 Å². The van der Waals surface area contributed by atoms with Crippen molar-refractivity contribution in [2.24, 2.45) is 0 Å². The second-order valence-electron chi connectivity index (χ2n) is 6.35. The summed E-state index contributed by atoms with van der Waals surface area (Å²) in [4.78, 5) is 0. The molecule has 0 aliphatic rings. The smallest absolute Gasteiger partial charge is 0.145 e. The summed E-state index contributed by atoms with van der Waals surface area (Å²) in [5.74, 6) is 1.32. The van der Waals surface area contributed by atoms with Crippen LogP contribution >= 0.6 is 15.9 Å². The van der Waals surface area contributed by atoms with Crippen LogP contribution in [-0.2, 0) is 0 Å².